The molecule has 10 aromatic rings. The van der Waals surface area contributed by atoms with Crippen LogP contribution in [0, 0.1) is 5.92 Å². The van der Waals surface area contributed by atoms with Crippen LogP contribution in [0.25, 0.3) is 87.7 Å². The van der Waals surface area contributed by atoms with Crippen molar-refractivity contribution >= 4 is 99.4 Å². The van der Waals surface area contributed by atoms with Crippen LogP contribution in [-0.2, 0) is 6.42 Å². The maximum absolute atomic E-state index is 5.61. The van der Waals surface area contributed by atoms with Crippen molar-refractivity contribution in [3.8, 4) is 0 Å². The lowest BCUT2D eigenvalue weighted by molar-refractivity contribution is 0.703. The molecule has 13 rings (SSSR count). The van der Waals surface area contributed by atoms with Crippen molar-refractivity contribution in [2.75, 3.05) is 0 Å². The number of rotatable bonds is 2. The number of fused-ring (bicyclic) bond motifs is 6. The van der Waals surface area contributed by atoms with E-state index in [4.69, 9.17) is 9.98 Å². The molecule has 2 aliphatic carbocycles. The number of hydrogen-bond acceptors (Lipinski definition) is 2. The third-order valence-electron chi connectivity index (χ3n) is 12.7. The molecule has 262 valence electrons. The maximum Gasteiger partial charge on any atom is 0.230 e. The Hall–Kier alpha value is -7.04. The Morgan fingerprint density at radius 3 is 1.89 bits per heavy atom. The highest BCUT2D eigenvalue weighted by Gasteiger charge is 2.33. The first-order valence-corrected chi connectivity index (χ1v) is 19.7. The number of aryl methyl sites for hydroxylation is 1. The van der Waals surface area contributed by atoms with E-state index < -0.39 is 0 Å². The summed E-state index contributed by atoms with van der Waals surface area (Å²) < 4.78 is 4.92. The largest absolute Gasteiger partial charge is 0.313 e. The Bertz CT molecular complexity index is 3480. The highest BCUT2D eigenvalue weighted by atomic mass is 15.2. The molecule has 4 nitrogen and oxygen atoms in total. The van der Waals surface area contributed by atoms with Crippen LogP contribution in [0.2, 0.25) is 0 Å². The van der Waals surface area contributed by atoms with E-state index in [0.717, 1.165) is 41.1 Å². The van der Waals surface area contributed by atoms with E-state index in [9.17, 15) is 0 Å². The van der Waals surface area contributed by atoms with Crippen LogP contribution in [0.1, 0.15) is 23.1 Å². The van der Waals surface area contributed by atoms with Crippen LogP contribution >= 0.6 is 0 Å². The van der Waals surface area contributed by atoms with Gasteiger partial charge in [0.1, 0.15) is 0 Å². The molecule has 4 heteroatoms. The van der Waals surface area contributed by atoms with Crippen LogP contribution < -0.4 is 0 Å². The number of hydrogen-bond donors (Lipinski definition) is 0. The van der Waals surface area contributed by atoms with Gasteiger partial charge in [0, 0.05) is 38.7 Å². The molecule has 0 saturated heterocycles. The molecule has 0 bridgehead atoms. The molecule has 0 saturated carbocycles. The lowest BCUT2D eigenvalue weighted by Gasteiger charge is -2.28. The molecule has 0 spiro atoms. The normalized spacial score (nSPS) is 18.0. The van der Waals surface area contributed by atoms with Gasteiger partial charge in [-0.15, -0.1) is 0 Å². The summed E-state index contributed by atoms with van der Waals surface area (Å²) in [5, 5.41) is 12.6. The zero-order valence-corrected chi connectivity index (χ0v) is 30.5. The Balaban J connectivity index is 1.19. The Morgan fingerprint density at radius 2 is 1.09 bits per heavy atom. The van der Waals surface area contributed by atoms with Crippen molar-refractivity contribution in [1.29, 1.82) is 0 Å². The van der Waals surface area contributed by atoms with E-state index in [1.165, 1.54) is 81.7 Å². The smallest absolute Gasteiger partial charge is 0.230 e. The first kappa shape index (κ1) is 30.3. The zero-order valence-electron chi connectivity index (χ0n) is 30.5. The SMILES string of the molecule is C1=CC2N=C(n3c4cccc5c6ccccc6c6cccc7c6c6c(c54)c3ccc6n7C3=Cc4ccccc4CC3)N=C(c3cccc4ccccc34)C2C=C1. The fourth-order valence-corrected chi connectivity index (χ4v) is 10.3. The summed E-state index contributed by atoms with van der Waals surface area (Å²) in [6, 6.07) is 51.4. The highest BCUT2D eigenvalue weighted by molar-refractivity contribution is 6.40. The minimum Gasteiger partial charge on any atom is -0.313 e. The van der Waals surface area contributed by atoms with Crippen LogP contribution in [0.15, 0.2) is 174 Å². The first-order valence-electron chi connectivity index (χ1n) is 19.7. The quantitative estimate of drug-likeness (QED) is 0.171. The average molecular weight is 715 g/mol. The molecule has 3 aliphatic rings. The third kappa shape index (κ3) is 4.03. The van der Waals surface area contributed by atoms with Gasteiger partial charge in [-0.05, 0) is 86.6 Å². The molecule has 56 heavy (non-hydrogen) atoms. The van der Waals surface area contributed by atoms with Crippen LogP contribution in [-0.4, -0.2) is 26.8 Å². The Labute approximate surface area is 322 Å². The van der Waals surface area contributed by atoms with E-state index in [-0.39, 0.29) is 12.0 Å². The molecule has 3 heterocycles. The van der Waals surface area contributed by atoms with Gasteiger partial charge in [0.15, 0.2) is 0 Å². The van der Waals surface area contributed by atoms with Gasteiger partial charge in [-0.1, -0.05) is 140 Å². The molecule has 1 aliphatic heterocycles. The number of allylic oxidation sites excluding steroid dienone is 3. The van der Waals surface area contributed by atoms with Crippen molar-refractivity contribution in [3.63, 3.8) is 0 Å². The highest BCUT2D eigenvalue weighted by Crippen LogP contribution is 2.48. The maximum atomic E-state index is 5.61. The van der Waals surface area contributed by atoms with Crippen molar-refractivity contribution in [2.24, 2.45) is 15.9 Å². The molecule has 0 N–H and O–H groups in total. The summed E-state index contributed by atoms with van der Waals surface area (Å²) in [5.41, 5.74) is 11.0. The van der Waals surface area contributed by atoms with Gasteiger partial charge in [0.25, 0.3) is 0 Å². The number of aliphatic imine (C=N–C) groups is 2. The summed E-state index contributed by atoms with van der Waals surface area (Å²) in [5.74, 6) is 0.780. The summed E-state index contributed by atoms with van der Waals surface area (Å²) in [4.78, 5) is 11.1. The van der Waals surface area contributed by atoms with Gasteiger partial charge in [-0.25, -0.2) is 9.98 Å². The second kappa shape index (κ2) is 11.2. The zero-order chi connectivity index (χ0) is 36.5. The van der Waals surface area contributed by atoms with Crippen LogP contribution in [0.5, 0.6) is 0 Å². The molecule has 0 amide bonds. The minimum atomic E-state index is -0.0630. The van der Waals surface area contributed by atoms with E-state index in [1.54, 1.807) is 0 Å². The van der Waals surface area contributed by atoms with Gasteiger partial charge >= 0.3 is 0 Å². The molecule has 0 radical (unpaired) electrons. The molecule has 8 aromatic carbocycles. The lowest BCUT2D eigenvalue weighted by Crippen LogP contribution is -2.33. The second-order valence-corrected chi connectivity index (χ2v) is 15.5. The molecule has 0 fully saturated rings. The van der Waals surface area contributed by atoms with E-state index >= 15 is 0 Å². The molecule has 2 atom stereocenters. The number of aromatic nitrogens is 2. The molecule has 2 unspecified atom stereocenters. The molecule has 2 aromatic heterocycles. The monoisotopic (exact) mass is 714 g/mol. The van der Waals surface area contributed by atoms with E-state index in [2.05, 4.69) is 179 Å². The Morgan fingerprint density at radius 1 is 0.482 bits per heavy atom. The van der Waals surface area contributed by atoms with Crippen molar-refractivity contribution in [1.82, 2.24) is 9.13 Å². The van der Waals surface area contributed by atoms with E-state index in [0.29, 0.717) is 0 Å². The van der Waals surface area contributed by atoms with Gasteiger partial charge in [-0.2, -0.15) is 0 Å². The molecular formula is C52H34N4. The molecular weight excluding hydrogens is 681 g/mol. The fraction of sp³-hybridized carbons (Fsp3) is 0.0769. The van der Waals surface area contributed by atoms with Crippen LogP contribution in [0.3, 0.4) is 0 Å². The van der Waals surface area contributed by atoms with Crippen molar-refractivity contribution < 1.29 is 0 Å². The van der Waals surface area contributed by atoms with Gasteiger partial charge in [0.2, 0.25) is 5.96 Å². The Kier molecular flexibility index (Phi) is 6.09. The summed E-state index contributed by atoms with van der Waals surface area (Å²) >= 11 is 0. The van der Waals surface area contributed by atoms with Gasteiger partial charge in [0.05, 0.1) is 33.8 Å². The fourth-order valence-electron chi connectivity index (χ4n) is 10.3. The average Bonchev–Trinajstić information content (AvgIpc) is 3.78. The summed E-state index contributed by atoms with van der Waals surface area (Å²) in [7, 11) is 0. The number of nitrogens with zero attached hydrogens (tertiary/aromatic N) is 4. The lowest BCUT2D eigenvalue weighted by atomic mass is 9.85. The van der Waals surface area contributed by atoms with E-state index in [1.807, 2.05) is 0 Å². The number of benzene rings is 7. The van der Waals surface area contributed by atoms with Crippen LogP contribution in [0.4, 0.5) is 0 Å². The van der Waals surface area contributed by atoms with Crippen molar-refractivity contribution in [3.05, 3.63) is 181 Å². The summed E-state index contributed by atoms with van der Waals surface area (Å²) in [6.07, 6.45) is 13.2. The second-order valence-electron chi connectivity index (χ2n) is 15.5. The third-order valence-corrected chi connectivity index (χ3v) is 12.7. The standard InChI is InChI=1S/C52H34N4/c1-2-14-33-30-34(27-26-31(33)12-1)55-43-24-10-20-38-36-17-5-6-18-37(36)39-21-11-25-44-48(39)50-46(29-28-45(55)49(50)47(38)43)56(44)52-53-42-23-8-7-19-41(42)51(54-52)40-22-9-15-32-13-3-4-16-35(32)40/h1-25,28-30,41-42H,26-27H2. The first-order chi connectivity index (χ1) is 27.8. The summed E-state index contributed by atoms with van der Waals surface area (Å²) in [6.45, 7) is 0. The predicted molar refractivity (Wildman–Crippen MR) is 236 cm³/mol. The minimum absolute atomic E-state index is 0.0494. The topological polar surface area (TPSA) is 34.6 Å². The predicted octanol–water partition coefficient (Wildman–Crippen LogP) is 12.6. The van der Waals surface area contributed by atoms with Crippen molar-refractivity contribution in [2.45, 2.75) is 18.9 Å². The van der Waals surface area contributed by atoms with Gasteiger partial charge in [-0.3, -0.25) is 4.57 Å². The van der Waals surface area contributed by atoms with Gasteiger partial charge < -0.3 is 4.57 Å².